The normalized spacial score (nSPS) is 11.0. The molecule has 0 spiro atoms. The lowest BCUT2D eigenvalue weighted by Crippen LogP contribution is -1.99. The summed E-state index contributed by atoms with van der Waals surface area (Å²) in [6.07, 6.45) is 1.71. The van der Waals surface area contributed by atoms with E-state index >= 15 is 0 Å². The third-order valence-corrected chi connectivity index (χ3v) is 4.97. The van der Waals surface area contributed by atoms with E-state index in [1.54, 1.807) is 18.0 Å². The molecule has 4 aromatic rings. The van der Waals surface area contributed by atoms with E-state index in [0.29, 0.717) is 28.7 Å². The Hall–Kier alpha value is -3.71. The standard InChI is InChI=1S/C24H22N4O2S/c1-17-8-11-20(12-9-17)23-26-27-24(31)28(23)25-15-19-10-13-21(22(14-19)29-2)30-16-18-6-4-3-5-7-18/h3-15H,16H2,1-2H3,(H,27,31)/b25-15-. The van der Waals surface area contributed by atoms with Gasteiger partial charge in [0, 0.05) is 5.56 Å². The lowest BCUT2D eigenvalue weighted by Gasteiger charge is -2.11. The molecule has 3 aromatic carbocycles. The van der Waals surface area contributed by atoms with Gasteiger partial charge < -0.3 is 9.47 Å². The van der Waals surface area contributed by atoms with Crippen molar-refractivity contribution in [2.75, 3.05) is 7.11 Å². The molecule has 1 heterocycles. The molecule has 31 heavy (non-hydrogen) atoms. The molecule has 0 bridgehead atoms. The second-order valence-corrected chi connectivity index (χ2v) is 7.35. The van der Waals surface area contributed by atoms with Crippen LogP contribution in [0.15, 0.2) is 77.9 Å². The van der Waals surface area contributed by atoms with Crippen LogP contribution in [0, 0.1) is 11.7 Å². The fraction of sp³-hybridized carbons (Fsp3) is 0.125. The zero-order valence-corrected chi connectivity index (χ0v) is 18.1. The molecule has 7 heteroatoms. The molecule has 0 aliphatic carbocycles. The van der Waals surface area contributed by atoms with Crippen LogP contribution in [-0.4, -0.2) is 28.2 Å². The van der Waals surface area contributed by atoms with Crippen molar-refractivity contribution < 1.29 is 9.47 Å². The first kappa shape index (κ1) is 20.6. The van der Waals surface area contributed by atoms with E-state index in [4.69, 9.17) is 21.7 Å². The highest BCUT2D eigenvalue weighted by molar-refractivity contribution is 7.71. The van der Waals surface area contributed by atoms with Crippen LogP contribution < -0.4 is 9.47 Å². The minimum Gasteiger partial charge on any atom is -0.493 e. The van der Waals surface area contributed by atoms with Crippen molar-refractivity contribution >= 4 is 18.4 Å². The van der Waals surface area contributed by atoms with Crippen molar-refractivity contribution in [3.8, 4) is 22.9 Å². The number of rotatable bonds is 7. The fourth-order valence-electron chi connectivity index (χ4n) is 3.03. The van der Waals surface area contributed by atoms with Gasteiger partial charge in [-0.15, -0.1) is 0 Å². The zero-order valence-electron chi connectivity index (χ0n) is 17.3. The largest absolute Gasteiger partial charge is 0.493 e. The Morgan fingerprint density at radius 2 is 1.81 bits per heavy atom. The maximum absolute atomic E-state index is 5.92. The summed E-state index contributed by atoms with van der Waals surface area (Å²) in [6.45, 7) is 2.51. The van der Waals surface area contributed by atoms with Gasteiger partial charge >= 0.3 is 0 Å². The highest BCUT2D eigenvalue weighted by Gasteiger charge is 2.09. The van der Waals surface area contributed by atoms with Crippen LogP contribution in [0.25, 0.3) is 11.4 Å². The summed E-state index contributed by atoms with van der Waals surface area (Å²) < 4.78 is 13.4. The number of aromatic amines is 1. The van der Waals surface area contributed by atoms with E-state index in [-0.39, 0.29) is 0 Å². The van der Waals surface area contributed by atoms with Gasteiger partial charge in [0.25, 0.3) is 0 Å². The van der Waals surface area contributed by atoms with Crippen molar-refractivity contribution in [1.82, 2.24) is 14.9 Å². The number of hydrogen-bond donors (Lipinski definition) is 1. The van der Waals surface area contributed by atoms with Gasteiger partial charge in [0.1, 0.15) is 6.61 Å². The van der Waals surface area contributed by atoms with Gasteiger partial charge in [-0.3, -0.25) is 0 Å². The molecular formula is C24H22N4O2S. The van der Waals surface area contributed by atoms with Crippen molar-refractivity contribution in [3.63, 3.8) is 0 Å². The van der Waals surface area contributed by atoms with E-state index in [0.717, 1.165) is 16.7 Å². The fourth-order valence-corrected chi connectivity index (χ4v) is 3.21. The van der Waals surface area contributed by atoms with Crippen LogP contribution in [0.2, 0.25) is 0 Å². The Morgan fingerprint density at radius 1 is 1.03 bits per heavy atom. The molecule has 0 radical (unpaired) electrons. The number of ether oxygens (including phenoxy) is 2. The van der Waals surface area contributed by atoms with Crippen LogP contribution >= 0.6 is 12.2 Å². The number of nitrogens with zero attached hydrogens (tertiary/aromatic N) is 3. The first-order valence-electron chi connectivity index (χ1n) is 9.77. The van der Waals surface area contributed by atoms with E-state index in [1.165, 1.54) is 5.56 Å². The molecule has 0 amide bonds. The number of nitrogens with one attached hydrogen (secondary N) is 1. The van der Waals surface area contributed by atoms with Crippen LogP contribution in [-0.2, 0) is 6.61 Å². The van der Waals surface area contributed by atoms with Crippen LogP contribution in [0.4, 0.5) is 0 Å². The number of aromatic nitrogens is 3. The van der Waals surface area contributed by atoms with Gasteiger partial charge in [-0.1, -0.05) is 60.2 Å². The van der Waals surface area contributed by atoms with E-state index in [1.807, 2.05) is 79.7 Å². The number of benzene rings is 3. The first-order valence-corrected chi connectivity index (χ1v) is 10.2. The zero-order chi connectivity index (χ0) is 21.6. The summed E-state index contributed by atoms with van der Waals surface area (Å²) >= 11 is 5.35. The Labute approximate surface area is 185 Å². The number of H-pyrrole nitrogens is 1. The second kappa shape index (κ2) is 9.40. The maximum Gasteiger partial charge on any atom is 0.216 e. The predicted molar refractivity (Wildman–Crippen MR) is 124 cm³/mol. The Kier molecular flexibility index (Phi) is 6.24. The molecule has 1 N–H and O–H groups in total. The van der Waals surface area contributed by atoms with Crippen LogP contribution in [0.1, 0.15) is 16.7 Å². The molecule has 0 unspecified atom stereocenters. The van der Waals surface area contributed by atoms with Crippen molar-refractivity contribution in [1.29, 1.82) is 0 Å². The number of hydrogen-bond acceptors (Lipinski definition) is 5. The van der Waals surface area contributed by atoms with Crippen LogP contribution in [0.3, 0.4) is 0 Å². The van der Waals surface area contributed by atoms with Gasteiger partial charge in [-0.25, -0.2) is 5.10 Å². The molecule has 4 rings (SSSR count). The summed E-state index contributed by atoms with van der Waals surface area (Å²) in [5.41, 5.74) is 4.04. The SMILES string of the molecule is COc1cc(/C=N\n2c(-c3ccc(C)cc3)n[nH]c2=S)ccc1OCc1ccccc1. The first-order chi connectivity index (χ1) is 15.1. The lowest BCUT2D eigenvalue weighted by molar-refractivity contribution is 0.284. The topological polar surface area (TPSA) is 64.4 Å². The highest BCUT2D eigenvalue weighted by Crippen LogP contribution is 2.28. The quantitative estimate of drug-likeness (QED) is 0.316. The molecule has 6 nitrogen and oxygen atoms in total. The molecule has 0 atom stereocenters. The Bertz CT molecular complexity index is 1240. The smallest absolute Gasteiger partial charge is 0.216 e. The molecule has 0 aliphatic heterocycles. The summed E-state index contributed by atoms with van der Waals surface area (Å²) in [4.78, 5) is 0. The number of methoxy groups -OCH3 is 1. The predicted octanol–water partition coefficient (Wildman–Crippen LogP) is 5.39. The molecule has 0 fully saturated rings. The van der Waals surface area contributed by atoms with Gasteiger partial charge in [0.05, 0.1) is 13.3 Å². The third kappa shape index (κ3) is 4.90. The highest BCUT2D eigenvalue weighted by atomic mass is 32.1. The molecule has 0 saturated carbocycles. The van der Waals surface area contributed by atoms with Gasteiger partial charge in [0.15, 0.2) is 17.3 Å². The summed E-state index contributed by atoms with van der Waals surface area (Å²) in [5, 5.41) is 11.7. The Balaban J connectivity index is 1.55. The number of aryl methyl sites for hydroxylation is 1. The van der Waals surface area contributed by atoms with Crippen LogP contribution in [0.5, 0.6) is 11.5 Å². The molecule has 0 aliphatic rings. The Morgan fingerprint density at radius 3 is 2.55 bits per heavy atom. The van der Waals surface area contributed by atoms with Gasteiger partial charge in [-0.05, 0) is 48.5 Å². The average molecular weight is 431 g/mol. The third-order valence-electron chi connectivity index (χ3n) is 4.71. The minimum atomic E-state index is 0.418. The minimum absolute atomic E-state index is 0.418. The van der Waals surface area contributed by atoms with E-state index in [2.05, 4.69) is 15.3 Å². The molecule has 0 saturated heterocycles. The second-order valence-electron chi connectivity index (χ2n) is 6.96. The summed E-state index contributed by atoms with van der Waals surface area (Å²) in [6, 6.07) is 23.7. The summed E-state index contributed by atoms with van der Waals surface area (Å²) in [5.74, 6) is 1.95. The van der Waals surface area contributed by atoms with Gasteiger partial charge in [-0.2, -0.15) is 14.9 Å². The van der Waals surface area contributed by atoms with Crippen molar-refractivity contribution in [3.05, 3.63) is 94.3 Å². The van der Waals surface area contributed by atoms with Gasteiger partial charge in [0.2, 0.25) is 4.77 Å². The monoisotopic (exact) mass is 430 g/mol. The van der Waals surface area contributed by atoms with E-state index in [9.17, 15) is 0 Å². The van der Waals surface area contributed by atoms with Crippen molar-refractivity contribution in [2.45, 2.75) is 13.5 Å². The average Bonchev–Trinajstić information content (AvgIpc) is 3.18. The lowest BCUT2D eigenvalue weighted by atomic mass is 10.1. The molecule has 156 valence electrons. The maximum atomic E-state index is 5.92. The van der Waals surface area contributed by atoms with Crippen molar-refractivity contribution in [2.24, 2.45) is 5.10 Å². The molecular weight excluding hydrogens is 408 g/mol. The summed E-state index contributed by atoms with van der Waals surface area (Å²) in [7, 11) is 1.62. The van der Waals surface area contributed by atoms with E-state index < -0.39 is 0 Å². The molecule has 1 aromatic heterocycles.